The number of nitrogens with zero attached hydrogens (tertiary/aromatic N) is 2. The maximum atomic E-state index is 11.7. The summed E-state index contributed by atoms with van der Waals surface area (Å²) in [5.74, 6) is 0.683. The molecule has 18 heavy (non-hydrogen) atoms. The Hall–Kier alpha value is -1.14. The molecule has 5 nitrogen and oxygen atoms in total. The average Bonchev–Trinajstić information content (AvgIpc) is 2.77. The predicted molar refractivity (Wildman–Crippen MR) is 69.3 cm³/mol. The molecule has 1 fully saturated rings. The Morgan fingerprint density at radius 3 is 2.83 bits per heavy atom. The Balaban J connectivity index is 2.31. The van der Waals surface area contributed by atoms with Crippen LogP contribution < -0.4 is 4.90 Å². The largest absolute Gasteiger partial charge is 0.393 e. The van der Waals surface area contributed by atoms with E-state index in [0.717, 1.165) is 13.0 Å². The summed E-state index contributed by atoms with van der Waals surface area (Å²) < 4.78 is 23.4. The average molecular weight is 270 g/mol. The van der Waals surface area contributed by atoms with Gasteiger partial charge in [-0.1, -0.05) is 0 Å². The summed E-state index contributed by atoms with van der Waals surface area (Å²) in [6.45, 7) is 3.15. The van der Waals surface area contributed by atoms with E-state index in [-0.39, 0.29) is 16.9 Å². The SMILES string of the molecule is CC(O)C1CCN(c2ncccc2S(C)(=O)=O)C1. The highest BCUT2D eigenvalue weighted by atomic mass is 32.2. The van der Waals surface area contributed by atoms with E-state index < -0.39 is 9.84 Å². The monoisotopic (exact) mass is 270 g/mol. The number of pyridine rings is 1. The Morgan fingerprint density at radius 1 is 1.56 bits per heavy atom. The lowest BCUT2D eigenvalue weighted by molar-refractivity contribution is 0.136. The van der Waals surface area contributed by atoms with Crippen LogP contribution in [0.4, 0.5) is 5.82 Å². The van der Waals surface area contributed by atoms with Crippen LogP contribution in [0, 0.1) is 5.92 Å². The molecule has 1 N–H and O–H groups in total. The van der Waals surface area contributed by atoms with Crippen molar-refractivity contribution in [2.24, 2.45) is 5.92 Å². The molecule has 1 aliphatic rings. The van der Waals surface area contributed by atoms with Gasteiger partial charge in [0.15, 0.2) is 9.84 Å². The van der Waals surface area contributed by atoms with Crippen LogP contribution in [0.1, 0.15) is 13.3 Å². The van der Waals surface area contributed by atoms with Crippen molar-refractivity contribution < 1.29 is 13.5 Å². The fourth-order valence-corrected chi connectivity index (χ4v) is 3.12. The summed E-state index contributed by atoms with van der Waals surface area (Å²) >= 11 is 0. The van der Waals surface area contributed by atoms with Crippen LogP contribution in [-0.2, 0) is 9.84 Å². The lowest BCUT2D eigenvalue weighted by Gasteiger charge is -2.20. The molecule has 0 amide bonds. The summed E-state index contributed by atoms with van der Waals surface area (Å²) in [5, 5.41) is 9.58. The first-order chi connectivity index (χ1) is 8.39. The number of aliphatic hydroxyl groups is 1. The second-order valence-corrected chi connectivity index (χ2v) is 6.82. The highest BCUT2D eigenvalue weighted by molar-refractivity contribution is 7.90. The summed E-state index contributed by atoms with van der Waals surface area (Å²) in [4.78, 5) is 6.38. The van der Waals surface area contributed by atoms with E-state index in [0.29, 0.717) is 12.4 Å². The normalized spacial score (nSPS) is 22.2. The number of aliphatic hydroxyl groups excluding tert-OH is 1. The molecule has 1 aromatic heterocycles. The zero-order chi connectivity index (χ0) is 13.3. The fourth-order valence-electron chi connectivity index (χ4n) is 2.28. The van der Waals surface area contributed by atoms with Crippen LogP contribution in [0.15, 0.2) is 23.2 Å². The number of sulfone groups is 1. The van der Waals surface area contributed by atoms with Gasteiger partial charge in [-0.25, -0.2) is 13.4 Å². The third-order valence-electron chi connectivity index (χ3n) is 3.36. The number of aromatic nitrogens is 1. The lowest BCUT2D eigenvalue weighted by atomic mass is 10.0. The van der Waals surface area contributed by atoms with Crippen molar-refractivity contribution in [1.29, 1.82) is 0 Å². The van der Waals surface area contributed by atoms with E-state index in [9.17, 15) is 13.5 Å². The van der Waals surface area contributed by atoms with Gasteiger partial charge < -0.3 is 10.0 Å². The molecule has 2 rings (SSSR count). The molecular weight excluding hydrogens is 252 g/mol. The summed E-state index contributed by atoms with van der Waals surface area (Å²) in [6.07, 6.45) is 3.27. The molecule has 0 aromatic carbocycles. The first-order valence-corrected chi connectivity index (χ1v) is 7.87. The molecule has 2 atom stereocenters. The van der Waals surface area contributed by atoms with E-state index in [2.05, 4.69) is 4.98 Å². The van der Waals surface area contributed by atoms with Gasteiger partial charge in [0.25, 0.3) is 0 Å². The quantitative estimate of drug-likeness (QED) is 0.875. The van der Waals surface area contributed by atoms with Gasteiger partial charge in [0.05, 0.1) is 6.10 Å². The van der Waals surface area contributed by atoms with Crippen LogP contribution in [0.3, 0.4) is 0 Å². The number of hydrogen-bond acceptors (Lipinski definition) is 5. The van der Waals surface area contributed by atoms with Gasteiger partial charge in [0.1, 0.15) is 10.7 Å². The van der Waals surface area contributed by atoms with Crippen molar-refractivity contribution in [2.75, 3.05) is 24.2 Å². The molecule has 0 spiro atoms. The van der Waals surface area contributed by atoms with E-state index in [1.165, 1.54) is 6.26 Å². The third kappa shape index (κ3) is 2.64. The molecule has 100 valence electrons. The molecule has 6 heteroatoms. The zero-order valence-corrected chi connectivity index (χ0v) is 11.4. The minimum absolute atomic E-state index is 0.180. The lowest BCUT2D eigenvalue weighted by Crippen LogP contribution is -2.26. The van der Waals surface area contributed by atoms with E-state index in [1.54, 1.807) is 25.3 Å². The molecule has 1 saturated heterocycles. The summed E-state index contributed by atoms with van der Waals surface area (Å²) in [6, 6.07) is 3.20. The highest BCUT2D eigenvalue weighted by Gasteiger charge is 2.29. The Kier molecular flexibility index (Phi) is 3.59. The Labute approximate surface area is 107 Å². The van der Waals surface area contributed by atoms with Gasteiger partial charge >= 0.3 is 0 Å². The highest BCUT2D eigenvalue weighted by Crippen LogP contribution is 2.28. The molecule has 0 bridgehead atoms. The van der Waals surface area contributed by atoms with Crippen LogP contribution in [0.2, 0.25) is 0 Å². The van der Waals surface area contributed by atoms with Crippen LogP contribution in [-0.4, -0.2) is 44.0 Å². The second kappa shape index (κ2) is 4.85. The van der Waals surface area contributed by atoms with Gasteiger partial charge in [-0.05, 0) is 25.5 Å². The summed E-state index contributed by atoms with van der Waals surface area (Å²) in [7, 11) is -3.28. The smallest absolute Gasteiger partial charge is 0.179 e. The van der Waals surface area contributed by atoms with Crippen molar-refractivity contribution in [3.63, 3.8) is 0 Å². The summed E-state index contributed by atoms with van der Waals surface area (Å²) in [5.41, 5.74) is 0. The standard InChI is InChI=1S/C12H18N2O3S/c1-9(15)10-5-7-14(8-10)12-11(18(2,16)17)4-3-6-13-12/h3-4,6,9-10,15H,5,7-8H2,1-2H3. The topological polar surface area (TPSA) is 70.5 Å². The Bertz CT molecular complexity index is 528. The first-order valence-electron chi connectivity index (χ1n) is 5.97. The van der Waals surface area contributed by atoms with Crippen molar-refractivity contribution in [2.45, 2.75) is 24.3 Å². The minimum atomic E-state index is -3.28. The first kappa shape index (κ1) is 13.3. The maximum absolute atomic E-state index is 11.7. The van der Waals surface area contributed by atoms with Crippen LogP contribution in [0.25, 0.3) is 0 Å². The van der Waals surface area contributed by atoms with Gasteiger partial charge in [-0.15, -0.1) is 0 Å². The van der Waals surface area contributed by atoms with Gasteiger partial charge in [0, 0.05) is 31.5 Å². The zero-order valence-electron chi connectivity index (χ0n) is 10.6. The number of anilines is 1. The fraction of sp³-hybridized carbons (Fsp3) is 0.583. The van der Waals surface area contributed by atoms with Crippen LogP contribution >= 0.6 is 0 Å². The van der Waals surface area contributed by atoms with Crippen molar-refractivity contribution >= 4 is 15.7 Å². The third-order valence-corrected chi connectivity index (χ3v) is 4.47. The van der Waals surface area contributed by atoms with Gasteiger partial charge in [0.2, 0.25) is 0 Å². The number of hydrogen-bond donors (Lipinski definition) is 1. The predicted octanol–water partition coefficient (Wildman–Crippen LogP) is 0.692. The van der Waals surface area contributed by atoms with Crippen molar-refractivity contribution in [3.8, 4) is 0 Å². The van der Waals surface area contributed by atoms with E-state index in [1.807, 2.05) is 4.90 Å². The van der Waals surface area contributed by atoms with Gasteiger partial charge in [-0.3, -0.25) is 0 Å². The number of rotatable bonds is 3. The van der Waals surface area contributed by atoms with Crippen molar-refractivity contribution in [1.82, 2.24) is 4.98 Å². The molecule has 0 aliphatic carbocycles. The molecule has 2 unspecified atom stereocenters. The minimum Gasteiger partial charge on any atom is -0.393 e. The van der Waals surface area contributed by atoms with E-state index >= 15 is 0 Å². The van der Waals surface area contributed by atoms with Gasteiger partial charge in [-0.2, -0.15) is 0 Å². The Morgan fingerprint density at radius 2 is 2.28 bits per heavy atom. The maximum Gasteiger partial charge on any atom is 0.179 e. The molecule has 2 heterocycles. The van der Waals surface area contributed by atoms with Crippen molar-refractivity contribution in [3.05, 3.63) is 18.3 Å². The molecule has 1 aromatic rings. The molecule has 0 radical (unpaired) electrons. The molecule has 1 aliphatic heterocycles. The molecular formula is C12H18N2O3S. The molecule has 0 saturated carbocycles. The van der Waals surface area contributed by atoms with Crippen LogP contribution in [0.5, 0.6) is 0 Å². The van der Waals surface area contributed by atoms with E-state index in [4.69, 9.17) is 0 Å². The second-order valence-electron chi connectivity index (χ2n) is 4.83.